The molecule has 0 aromatic heterocycles. The molecular weight excluding hydrogens is 413 g/mol. The Balaban J connectivity index is -0.0000000180. The van der Waals surface area contributed by atoms with Gasteiger partial charge >= 0.3 is 141 Å². The van der Waals surface area contributed by atoms with Crippen LogP contribution >= 0.6 is 0 Å². The molecular formula is H6Al6CoO12. The summed E-state index contributed by atoms with van der Waals surface area (Å²) in [6, 6.07) is 0. The molecule has 6 N–H and O–H groups in total. The van der Waals surface area contributed by atoms with Crippen LogP contribution in [0, 0.1) is 0 Å². The molecule has 0 aliphatic carbocycles. The second-order valence-corrected chi connectivity index (χ2v) is 1.90. The normalized spacial score (nSPS) is 2.53. The van der Waals surface area contributed by atoms with E-state index in [4.69, 9.17) is 47.8 Å². The van der Waals surface area contributed by atoms with E-state index in [1.165, 1.54) is 0 Å². The van der Waals surface area contributed by atoms with Crippen LogP contribution in [0.25, 0.3) is 0 Å². The van der Waals surface area contributed by atoms with Gasteiger partial charge in [-0.2, -0.15) is 0 Å². The molecule has 0 amide bonds. The van der Waals surface area contributed by atoms with E-state index in [-0.39, 0.29) is 16.8 Å². The molecule has 0 saturated heterocycles. The Bertz CT molecular complexity index is 114. The standard InChI is InChI=1S/6Al.Co.6H2O.6O/h;;;;;;;6*1H2;;;;;;/q6*+1;;;;;;;;;;;;;/p-6. The van der Waals surface area contributed by atoms with Gasteiger partial charge in [-0.1, -0.05) is 0 Å². The van der Waals surface area contributed by atoms with Gasteiger partial charge in [0.05, 0.1) is 0 Å². The molecule has 0 spiro atoms. The van der Waals surface area contributed by atoms with Crippen molar-refractivity contribution in [2.75, 3.05) is 0 Å². The number of rotatable bonds is 0. The fourth-order valence-electron chi connectivity index (χ4n) is 0. The molecule has 0 unspecified atom stereocenters. The summed E-state index contributed by atoms with van der Waals surface area (Å²) in [7, 11) is 0. The third-order valence-corrected chi connectivity index (χ3v) is 0. The van der Waals surface area contributed by atoms with Crippen LogP contribution in [-0.4, -0.2) is 118 Å². The molecule has 0 aliphatic rings. The first-order chi connectivity index (χ1) is 8.49. The van der Waals surface area contributed by atoms with E-state index in [0.717, 1.165) is 0 Å². The zero-order valence-electron chi connectivity index (χ0n) is 8.93. The van der Waals surface area contributed by atoms with E-state index < -0.39 is 92.9 Å². The van der Waals surface area contributed by atoms with Gasteiger partial charge < -0.3 is 0 Å². The van der Waals surface area contributed by atoms with Crippen LogP contribution in [0.3, 0.4) is 0 Å². The molecule has 105 valence electrons. The molecule has 0 aromatic carbocycles. The van der Waals surface area contributed by atoms with Gasteiger partial charge in [-0.25, -0.2) is 0 Å². The van der Waals surface area contributed by atoms with Crippen molar-refractivity contribution in [3.05, 3.63) is 0 Å². The predicted molar refractivity (Wildman–Crippen MR) is 52.0 cm³/mol. The van der Waals surface area contributed by atoms with Gasteiger partial charge in [-0.3, -0.25) is 0 Å². The van der Waals surface area contributed by atoms with Crippen LogP contribution in [0.15, 0.2) is 0 Å². The zero-order valence-corrected chi connectivity index (χ0v) is 16.9. The fraction of sp³-hybridized carbons (Fsp3) is 0. The maximum atomic E-state index is 8.57. The maximum absolute atomic E-state index is 8.57. The SMILES string of the molecule is [Co].[O]=[Al][OH].[O]=[Al][OH].[O]=[Al][OH].[O]=[Al][OH].[O]=[Al][OH].[O]=[Al][OH]. The second-order valence-electron chi connectivity index (χ2n) is 0.632. The van der Waals surface area contributed by atoms with Crippen LogP contribution in [0.4, 0.5) is 0 Å². The molecule has 19 heavy (non-hydrogen) atoms. The van der Waals surface area contributed by atoms with E-state index >= 15 is 0 Å². The molecule has 1 radical (unpaired) electrons. The topological polar surface area (TPSA) is 224 Å². The predicted octanol–water partition coefficient (Wildman–Crippen LogP) is -6.34. The molecule has 0 rings (SSSR count). The third-order valence-electron chi connectivity index (χ3n) is 0. The van der Waals surface area contributed by atoms with E-state index in [9.17, 15) is 0 Å². The average Bonchev–Trinajstić information content (AvgIpc) is 2.23. The van der Waals surface area contributed by atoms with E-state index in [0.29, 0.717) is 0 Å². The molecule has 12 nitrogen and oxygen atoms in total. The van der Waals surface area contributed by atoms with Crippen molar-refractivity contribution in [2.24, 2.45) is 0 Å². The Morgan fingerprint density at radius 2 is 0.368 bits per heavy atom. The van der Waals surface area contributed by atoms with Crippen LogP contribution in [-0.2, 0) is 39.6 Å². The van der Waals surface area contributed by atoms with Crippen LogP contribution < -0.4 is 0 Å². The first-order valence-corrected chi connectivity index (χ1v) is 8.89. The van der Waals surface area contributed by atoms with Crippen molar-refractivity contribution in [1.82, 2.24) is 0 Å². The molecule has 0 bridgehead atoms. The molecule has 0 aliphatic heterocycles. The van der Waals surface area contributed by atoms with E-state index in [1.807, 2.05) is 0 Å². The Labute approximate surface area is 156 Å². The summed E-state index contributed by atoms with van der Waals surface area (Å²) in [5, 5.41) is 0. The average molecular weight is 419 g/mol. The second kappa shape index (κ2) is 121. The first-order valence-electron chi connectivity index (χ1n) is 2.96. The molecule has 0 aromatic rings. The quantitative estimate of drug-likeness (QED) is 0.202. The van der Waals surface area contributed by atoms with Crippen LogP contribution in [0.5, 0.6) is 0 Å². The summed E-state index contributed by atoms with van der Waals surface area (Å²) in [6.45, 7) is 0. The van der Waals surface area contributed by atoms with Gasteiger partial charge in [0.2, 0.25) is 0 Å². The molecule has 0 heterocycles. The van der Waals surface area contributed by atoms with Gasteiger partial charge in [-0.05, 0) is 0 Å². The summed E-state index contributed by atoms with van der Waals surface area (Å²) in [5.74, 6) is 0. The van der Waals surface area contributed by atoms with E-state index in [2.05, 4.69) is 0 Å². The molecule has 0 saturated carbocycles. The number of hydrogen-bond donors (Lipinski definition) is 6. The summed E-state index contributed by atoms with van der Waals surface area (Å²) in [6.07, 6.45) is 0. The third kappa shape index (κ3) is 3410. The minimum absolute atomic E-state index is 0. The Morgan fingerprint density at radius 3 is 0.368 bits per heavy atom. The van der Waals surface area contributed by atoms with Gasteiger partial charge in [0.15, 0.2) is 0 Å². The van der Waals surface area contributed by atoms with Crippen molar-refractivity contribution >= 4 is 92.9 Å². The van der Waals surface area contributed by atoms with Crippen molar-refractivity contribution < 1.29 is 64.5 Å². The zero-order chi connectivity index (χ0) is 16.2. The van der Waals surface area contributed by atoms with Gasteiger partial charge in [0, 0.05) is 16.8 Å². The summed E-state index contributed by atoms with van der Waals surface area (Å²) >= 11 is -9.00. The minimum atomic E-state index is -1.50. The monoisotopic (exact) mass is 419 g/mol. The summed E-state index contributed by atoms with van der Waals surface area (Å²) in [4.78, 5) is 0. The molecule has 0 atom stereocenters. The van der Waals surface area contributed by atoms with Crippen LogP contribution in [0.1, 0.15) is 0 Å². The van der Waals surface area contributed by atoms with Gasteiger partial charge in [-0.15, -0.1) is 0 Å². The van der Waals surface area contributed by atoms with E-state index in [1.54, 1.807) is 0 Å². The molecule has 19 heteroatoms. The first kappa shape index (κ1) is 42.7. The summed E-state index contributed by atoms with van der Waals surface area (Å²) in [5.41, 5.74) is 0. The van der Waals surface area contributed by atoms with Gasteiger partial charge in [0.25, 0.3) is 0 Å². The Kier molecular flexibility index (Phi) is 273. The van der Waals surface area contributed by atoms with Crippen molar-refractivity contribution in [3.8, 4) is 0 Å². The Hall–Kier alpha value is 1.30. The summed E-state index contributed by atoms with van der Waals surface area (Å²) < 4.78 is 94.0. The fourth-order valence-corrected chi connectivity index (χ4v) is 0. The number of hydrogen-bond acceptors (Lipinski definition) is 6. The van der Waals surface area contributed by atoms with Crippen LogP contribution in [0.2, 0.25) is 0 Å². The van der Waals surface area contributed by atoms with Crippen molar-refractivity contribution in [3.63, 3.8) is 0 Å². The van der Waals surface area contributed by atoms with Gasteiger partial charge in [0.1, 0.15) is 0 Å². The Morgan fingerprint density at radius 1 is 0.368 bits per heavy atom. The van der Waals surface area contributed by atoms with Crippen molar-refractivity contribution in [1.29, 1.82) is 0 Å². The molecule has 0 fully saturated rings. The van der Waals surface area contributed by atoms with Crippen molar-refractivity contribution in [2.45, 2.75) is 0 Å².